The molecule has 1 rings (SSSR count). The molecule has 0 saturated heterocycles. The molecule has 1 amide bonds. The van der Waals surface area contributed by atoms with Crippen LogP contribution in [0.3, 0.4) is 0 Å². The fraction of sp³-hybridized carbons (Fsp3) is 0.231. The molecule has 0 radical (unpaired) electrons. The molecule has 0 bridgehead atoms. The van der Waals surface area contributed by atoms with Crippen LogP contribution in [0.4, 0.5) is 4.39 Å². The molecule has 0 aliphatic rings. The van der Waals surface area contributed by atoms with Crippen molar-refractivity contribution >= 4 is 29.6 Å². The van der Waals surface area contributed by atoms with Gasteiger partial charge in [0.1, 0.15) is 5.82 Å². The summed E-state index contributed by atoms with van der Waals surface area (Å²) in [4.78, 5) is 21.9. The predicted molar refractivity (Wildman–Crippen MR) is 70.3 cm³/mol. The summed E-state index contributed by atoms with van der Waals surface area (Å²) in [5, 5.41) is 11.0. The summed E-state index contributed by atoms with van der Waals surface area (Å²) in [5.41, 5.74) is 0.576. The molecule has 1 atom stereocenters. The van der Waals surface area contributed by atoms with E-state index < -0.39 is 23.7 Å². The summed E-state index contributed by atoms with van der Waals surface area (Å²) >= 11 is 5.60. The number of hydrogen-bond donors (Lipinski definition) is 2. The fourth-order valence-electron chi connectivity index (χ4n) is 1.39. The molecule has 6 heteroatoms. The lowest BCUT2D eigenvalue weighted by molar-refractivity contribution is -0.137. The molecule has 0 fully saturated rings. The van der Waals surface area contributed by atoms with E-state index in [9.17, 15) is 14.0 Å². The first kappa shape index (κ1) is 15.2. The lowest BCUT2D eigenvalue weighted by Gasteiger charge is -2.08. The van der Waals surface area contributed by atoms with Gasteiger partial charge in [0, 0.05) is 12.1 Å². The average molecular weight is 286 g/mol. The molecule has 0 heterocycles. The Hall–Kier alpha value is -1.88. The zero-order chi connectivity index (χ0) is 14.4. The second-order valence-electron chi connectivity index (χ2n) is 4.01. The Morgan fingerprint density at radius 1 is 1.53 bits per heavy atom. The number of carboxylic acid groups (broad SMARTS) is 1. The van der Waals surface area contributed by atoms with Crippen molar-refractivity contribution < 1.29 is 19.1 Å². The Labute approximate surface area is 114 Å². The molecule has 102 valence electrons. The van der Waals surface area contributed by atoms with Crippen molar-refractivity contribution in [1.82, 2.24) is 5.32 Å². The topological polar surface area (TPSA) is 66.4 Å². The van der Waals surface area contributed by atoms with Gasteiger partial charge < -0.3 is 10.4 Å². The highest BCUT2D eigenvalue weighted by Gasteiger charge is 2.08. The molecule has 0 saturated carbocycles. The van der Waals surface area contributed by atoms with Gasteiger partial charge in [0.25, 0.3) is 0 Å². The zero-order valence-corrected chi connectivity index (χ0v) is 10.9. The molecule has 0 aliphatic heterocycles. The van der Waals surface area contributed by atoms with Crippen LogP contribution in [0.15, 0.2) is 24.3 Å². The van der Waals surface area contributed by atoms with Gasteiger partial charge in [-0.2, -0.15) is 0 Å². The summed E-state index contributed by atoms with van der Waals surface area (Å²) in [5.74, 6) is -1.94. The molecule has 1 unspecified atom stereocenters. The van der Waals surface area contributed by atoms with Crippen LogP contribution in [0.1, 0.15) is 18.9 Å². The smallest absolute Gasteiger partial charge is 0.305 e. The van der Waals surface area contributed by atoms with Crippen LogP contribution in [-0.2, 0) is 9.59 Å². The summed E-state index contributed by atoms with van der Waals surface area (Å²) in [6, 6.07) is 3.60. The van der Waals surface area contributed by atoms with Crippen LogP contribution in [-0.4, -0.2) is 23.0 Å². The van der Waals surface area contributed by atoms with Gasteiger partial charge in [0.2, 0.25) is 5.91 Å². The molecule has 1 aromatic rings. The summed E-state index contributed by atoms with van der Waals surface area (Å²) in [6.45, 7) is 1.59. The molecule has 0 spiro atoms. The normalized spacial score (nSPS) is 12.4. The molecule has 2 N–H and O–H groups in total. The number of rotatable bonds is 5. The monoisotopic (exact) mass is 285 g/mol. The van der Waals surface area contributed by atoms with Crippen molar-refractivity contribution in [3.05, 3.63) is 40.7 Å². The third kappa shape index (κ3) is 5.52. The van der Waals surface area contributed by atoms with Crippen LogP contribution >= 0.6 is 11.6 Å². The third-order valence-corrected chi connectivity index (χ3v) is 2.53. The maximum atomic E-state index is 12.9. The predicted octanol–water partition coefficient (Wildman–Crippen LogP) is 2.47. The first-order valence-corrected chi connectivity index (χ1v) is 5.91. The van der Waals surface area contributed by atoms with E-state index in [0.717, 1.165) is 0 Å². The van der Waals surface area contributed by atoms with Crippen molar-refractivity contribution in [1.29, 1.82) is 0 Å². The van der Waals surface area contributed by atoms with Crippen LogP contribution in [0, 0.1) is 5.82 Å². The van der Waals surface area contributed by atoms with Gasteiger partial charge in [-0.3, -0.25) is 9.59 Å². The van der Waals surface area contributed by atoms with Crippen molar-refractivity contribution in [2.24, 2.45) is 0 Å². The van der Waals surface area contributed by atoms with E-state index in [0.29, 0.717) is 5.56 Å². The molecule has 0 aliphatic carbocycles. The molecule has 4 nitrogen and oxygen atoms in total. The van der Waals surface area contributed by atoms with Crippen molar-refractivity contribution in [2.75, 3.05) is 0 Å². The summed E-state index contributed by atoms with van der Waals surface area (Å²) in [7, 11) is 0. The molecular weight excluding hydrogens is 273 g/mol. The van der Waals surface area contributed by atoms with Crippen molar-refractivity contribution in [3.63, 3.8) is 0 Å². The Kier molecular flexibility index (Phi) is 5.51. The number of amides is 1. The van der Waals surface area contributed by atoms with Gasteiger partial charge in [-0.15, -0.1) is 0 Å². The van der Waals surface area contributed by atoms with Crippen LogP contribution in [0.2, 0.25) is 5.02 Å². The standard InChI is InChI=1S/C13H13ClFNO3/c1-8(6-13(18)19)16-12(17)5-3-9-2-4-11(15)10(14)7-9/h2-5,7-8H,6H2,1H3,(H,16,17)(H,18,19)/b5-3+. The largest absolute Gasteiger partial charge is 0.481 e. The highest BCUT2D eigenvalue weighted by molar-refractivity contribution is 6.30. The van der Waals surface area contributed by atoms with E-state index >= 15 is 0 Å². The van der Waals surface area contributed by atoms with Gasteiger partial charge in [-0.25, -0.2) is 4.39 Å². The van der Waals surface area contributed by atoms with Crippen molar-refractivity contribution in [3.8, 4) is 0 Å². The first-order valence-electron chi connectivity index (χ1n) is 5.54. The number of aliphatic carboxylic acids is 1. The minimum Gasteiger partial charge on any atom is -0.481 e. The fourth-order valence-corrected chi connectivity index (χ4v) is 1.58. The van der Waals surface area contributed by atoms with E-state index in [1.54, 1.807) is 6.92 Å². The Bertz CT molecular complexity index is 517. The summed E-state index contributed by atoms with van der Waals surface area (Å²) in [6.07, 6.45) is 2.55. The van der Waals surface area contributed by atoms with Gasteiger partial charge in [0.05, 0.1) is 11.4 Å². The van der Waals surface area contributed by atoms with Gasteiger partial charge in [-0.05, 0) is 30.7 Å². The Balaban J connectivity index is 2.58. The van der Waals surface area contributed by atoms with Crippen molar-refractivity contribution in [2.45, 2.75) is 19.4 Å². The van der Waals surface area contributed by atoms with Gasteiger partial charge >= 0.3 is 5.97 Å². The van der Waals surface area contributed by atoms with Crippen LogP contribution in [0.5, 0.6) is 0 Å². The minimum absolute atomic E-state index is 0.0261. The molecule has 1 aromatic carbocycles. The Morgan fingerprint density at radius 2 is 2.21 bits per heavy atom. The number of carbonyl (C=O) groups excluding carboxylic acids is 1. The number of halogens is 2. The van der Waals surface area contributed by atoms with E-state index in [1.165, 1.54) is 30.4 Å². The number of carboxylic acids is 1. The molecule has 19 heavy (non-hydrogen) atoms. The lowest BCUT2D eigenvalue weighted by atomic mass is 10.2. The van der Waals surface area contributed by atoms with E-state index in [1.807, 2.05) is 0 Å². The van der Waals surface area contributed by atoms with Gasteiger partial charge in [0.15, 0.2) is 0 Å². The average Bonchev–Trinajstić information content (AvgIpc) is 2.29. The van der Waals surface area contributed by atoms with Gasteiger partial charge in [-0.1, -0.05) is 17.7 Å². The van der Waals surface area contributed by atoms with Crippen LogP contribution < -0.4 is 5.32 Å². The zero-order valence-electron chi connectivity index (χ0n) is 10.2. The van der Waals surface area contributed by atoms with E-state index in [2.05, 4.69) is 5.32 Å². The first-order chi connectivity index (χ1) is 8.88. The highest BCUT2D eigenvalue weighted by atomic mass is 35.5. The maximum absolute atomic E-state index is 12.9. The Morgan fingerprint density at radius 3 is 2.79 bits per heavy atom. The molecule has 0 aromatic heterocycles. The van der Waals surface area contributed by atoms with E-state index in [4.69, 9.17) is 16.7 Å². The SMILES string of the molecule is CC(CC(=O)O)NC(=O)/C=C/c1ccc(F)c(Cl)c1. The van der Waals surface area contributed by atoms with E-state index in [-0.39, 0.29) is 11.4 Å². The second-order valence-corrected chi connectivity index (χ2v) is 4.42. The number of benzene rings is 1. The van der Waals surface area contributed by atoms with Crippen LogP contribution in [0.25, 0.3) is 6.08 Å². The molecular formula is C13H13ClFNO3. The number of hydrogen-bond acceptors (Lipinski definition) is 2. The lowest BCUT2D eigenvalue weighted by Crippen LogP contribution is -2.32. The number of nitrogens with one attached hydrogen (secondary N) is 1. The maximum Gasteiger partial charge on any atom is 0.305 e. The summed E-state index contributed by atoms with van der Waals surface area (Å²) < 4.78 is 12.9. The highest BCUT2D eigenvalue weighted by Crippen LogP contribution is 2.16. The number of carbonyl (C=O) groups is 2. The second kappa shape index (κ2) is 6.89. The third-order valence-electron chi connectivity index (χ3n) is 2.24. The quantitative estimate of drug-likeness (QED) is 0.817. The minimum atomic E-state index is -0.984.